The first-order valence-electron chi connectivity index (χ1n) is 7.63. The Morgan fingerprint density at radius 2 is 1.91 bits per heavy atom. The molecule has 1 aliphatic heterocycles. The number of hydrogen-bond acceptors (Lipinski definition) is 5. The quantitative estimate of drug-likeness (QED) is 0.866. The van der Waals surface area contributed by atoms with Crippen LogP contribution in [-0.4, -0.2) is 46.2 Å². The summed E-state index contributed by atoms with van der Waals surface area (Å²) < 4.78 is 5.45. The predicted molar refractivity (Wildman–Crippen MR) is 85.8 cm³/mol. The zero-order valence-electron chi connectivity index (χ0n) is 13.0. The first-order chi connectivity index (χ1) is 10.6. The summed E-state index contributed by atoms with van der Waals surface area (Å²) in [6.07, 6.45) is 0. The monoisotopic (exact) mass is 320 g/mol. The average molecular weight is 321 g/mol. The lowest BCUT2D eigenvalue weighted by Gasteiger charge is -2.37. The fourth-order valence-electron chi connectivity index (χ4n) is 2.91. The van der Waals surface area contributed by atoms with Crippen LogP contribution in [0.4, 0.5) is 0 Å². The maximum absolute atomic E-state index is 6.31. The molecule has 1 aromatic carbocycles. The molecule has 3 rings (SSSR count). The van der Waals surface area contributed by atoms with Crippen LogP contribution in [0.15, 0.2) is 28.7 Å². The molecule has 0 N–H and O–H groups in total. The van der Waals surface area contributed by atoms with Crippen molar-refractivity contribution in [3.8, 4) is 0 Å². The Labute approximate surface area is 135 Å². The van der Waals surface area contributed by atoms with Crippen LogP contribution in [0.1, 0.15) is 30.3 Å². The van der Waals surface area contributed by atoms with Gasteiger partial charge < -0.3 is 4.42 Å². The summed E-state index contributed by atoms with van der Waals surface area (Å²) >= 11 is 6.31. The molecule has 22 heavy (non-hydrogen) atoms. The van der Waals surface area contributed by atoms with Crippen LogP contribution in [-0.2, 0) is 6.54 Å². The highest BCUT2D eigenvalue weighted by molar-refractivity contribution is 6.31. The van der Waals surface area contributed by atoms with Gasteiger partial charge in [0.1, 0.15) is 0 Å². The highest BCUT2D eigenvalue weighted by Crippen LogP contribution is 2.27. The molecule has 0 saturated carbocycles. The van der Waals surface area contributed by atoms with Gasteiger partial charge in [-0.2, -0.15) is 0 Å². The fraction of sp³-hybridized carbons (Fsp3) is 0.500. The molecule has 0 bridgehead atoms. The lowest BCUT2D eigenvalue weighted by atomic mass is 10.1. The molecule has 0 aliphatic carbocycles. The number of hydrogen-bond donors (Lipinski definition) is 0. The van der Waals surface area contributed by atoms with E-state index in [1.165, 1.54) is 5.56 Å². The molecule has 2 heterocycles. The van der Waals surface area contributed by atoms with Crippen LogP contribution in [0.3, 0.4) is 0 Å². The van der Waals surface area contributed by atoms with Crippen molar-refractivity contribution in [2.75, 3.05) is 26.2 Å². The SMILES string of the molecule is Cc1nnc(CN2CCN([C@@H](C)c3ccccc3Cl)CC2)o1. The van der Waals surface area contributed by atoms with Gasteiger partial charge >= 0.3 is 0 Å². The van der Waals surface area contributed by atoms with Gasteiger partial charge in [0.25, 0.3) is 0 Å². The van der Waals surface area contributed by atoms with Crippen LogP contribution in [0, 0.1) is 6.92 Å². The molecule has 1 saturated heterocycles. The molecule has 1 aromatic heterocycles. The minimum Gasteiger partial charge on any atom is -0.424 e. The Kier molecular flexibility index (Phi) is 4.76. The van der Waals surface area contributed by atoms with Gasteiger partial charge in [-0.05, 0) is 18.6 Å². The van der Waals surface area contributed by atoms with Crippen LogP contribution in [0.25, 0.3) is 0 Å². The van der Waals surface area contributed by atoms with E-state index in [-0.39, 0.29) is 0 Å². The van der Waals surface area contributed by atoms with Crippen molar-refractivity contribution in [3.05, 3.63) is 46.6 Å². The highest BCUT2D eigenvalue weighted by atomic mass is 35.5. The largest absolute Gasteiger partial charge is 0.424 e. The number of nitrogens with zero attached hydrogens (tertiary/aromatic N) is 4. The third kappa shape index (κ3) is 3.48. The molecule has 118 valence electrons. The lowest BCUT2D eigenvalue weighted by molar-refractivity contribution is 0.0919. The van der Waals surface area contributed by atoms with Gasteiger partial charge in [0.2, 0.25) is 11.8 Å². The Balaban J connectivity index is 1.56. The minimum atomic E-state index is 0.335. The van der Waals surface area contributed by atoms with E-state index < -0.39 is 0 Å². The normalized spacial score (nSPS) is 18.5. The molecule has 6 heteroatoms. The van der Waals surface area contributed by atoms with E-state index in [1.54, 1.807) is 0 Å². The zero-order valence-corrected chi connectivity index (χ0v) is 13.8. The lowest BCUT2D eigenvalue weighted by Crippen LogP contribution is -2.46. The maximum Gasteiger partial charge on any atom is 0.230 e. The van der Waals surface area contributed by atoms with E-state index in [1.807, 2.05) is 25.1 Å². The second kappa shape index (κ2) is 6.77. The molecule has 0 amide bonds. The number of piperazine rings is 1. The average Bonchev–Trinajstić information content (AvgIpc) is 2.93. The van der Waals surface area contributed by atoms with Crippen molar-refractivity contribution < 1.29 is 4.42 Å². The Hall–Kier alpha value is -1.43. The Morgan fingerprint density at radius 1 is 1.18 bits per heavy atom. The van der Waals surface area contributed by atoms with Gasteiger partial charge in [-0.3, -0.25) is 9.80 Å². The van der Waals surface area contributed by atoms with Crippen molar-refractivity contribution >= 4 is 11.6 Å². The van der Waals surface area contributed by atoms with Gasteiger partial charge in [0.05, 0.1) is 6.54 Å². The summed E-state index contributed by atoms with van der Waals surface area (Å²) in [6, 6.07) is 8.43. The van der Waals surface area contributed by atoms with Crippen molar-refractivity contribution in [2.24, 2.45) is 0 Å². The van der Waals surface area contributed by atoms with E-state index in [0.717, 1.165) is 37.7 Å². The second-order valence-electron chi connectivity index (χ2n) is 5.72. The molecule has 1 fully saturated rings. The summed E-state index contributed by atoms with van der Waals surface area (Å²) in [5.41, 5.74) is 1.20. The van der Waals surface area contributed by atoms with Crippen LogP contribution in [0.2, 0.25) is 5.02 Å². The third-order valence-corrected chi connectivity index (χ3v) is 4.58. The molecular weight excluding hydrogens is 300 g/mol. The van der Waals surface area contributed by atoms with Crippen LogP contribution in [0.5, 0.6) is 0 Å². The van der Waals surface area contributed by atoms with E-state index in [9.17, 15) is 0 Å². The molecule has 5 nitrogen and oxygen atoms in total. The highest BCUT2D eigenvalue weighted by Gasteiger charge is 2.24. The Bertz CT molecular complexity index is 622. The number of rotatable bonds is 4. The number of benzene rings is 1. The first-order valence-corrected chi connectivity index (χ1v) is 8.01. The van der Waals surface area contributed by atoms with E-state index >= 15 is 0 Å². The third-order valence-electron chi connectivity index (χ3n) is 4.24. The molecule has 1 aliphatic rings. The zero-order chi connectivity index (χ0) is 15.5. The summed E-state index contributed by atoms with van der Waals surface area (Å²) in [5, 5.41) is 8.79. The fourth-order valence-corrected chi connectivity index (χ4v) is 3.21. The molecular formula is C16H21ClN4O. The molecule has 2 aromatic rings. The van der Waals surface area contributed by atoms with Crippen molar-refractivity contribution in [3.63, 3.8) is 0 Å². The van der Waals surface area contributed by atoms with Crippen LogP contribution >= 0.6 is 11.6 Å². The van der Waals surface area contributed by atoms with E-state index in [2.05, 4.69) is 33.0 Å². The summed E-state index contributed by atoms with van der Waals surface area (Å²) in [4.78, 5) is 4.82. The van der Waals surface area contributed by atoms with Gasteiger partial charge in [-0.1, -0.05) is 29.8 Å². The number of halogens is 1. The number of aryl methyl sites for hydroxylation is 1. The summed E-state index contributed by atoms with van der Waals surface area (Å²) in [7, 11) is 0. The molecule has 0 unspecified atom stereocenters. The van der Waals surface area contributed by atoms with Gasteiger partial charge in [0.15, 0.2) is 0 Å². The summed E-state index contributed by atoms with van der Waals surface area (Å²) in [5.74, 6) is 1.33. The van der Waals surface area contributed by atoms with Gasteiger partial charge in [-0.15, -0.1) is 10.2 Å². The second-order valence-corrected chi connectivity index (χ2v) is 6.13. The smallest absolute Gasteiger partial charge is 0.230 e. The summed E-state index contributed by atoms with van der Waals surface area (Å²) in [6.45, 7) is 8.79. The topological polar surface area (TPSA) is 45.4 Å². The molecule has 0 spiro atoms. The van der Waals surface area contributed by atoms with Crippen molar-refractivity contribution in [2.45, 2.75) is 26.4 Å². The van der Waals surface area contributed by atoms with Crippen molar-refractivity contribution in [1.29, 1.82) is 0 Å². The number of aromatic nitrogens is 2. The maximum atomic E-state index is 6.31. The molecule has 0 radical (unpaired) electrons. The molecule has 1 atom stereocenters. The van der Waals surface area contributed by atoms with E-state index in [4.69, 9.17) is 16.0 Å². The van der Waals surface area contributed by atoms with Gasteiger partial charge in [-0.25, -0.2) is 0 Å². The minimum absolute atomic E-state index is 0.335. The first kappa shape index (κ1) is 15.5. The van der Waals surface area contributed by atoms with E-state index in [0.29, 0.717) is 17.8 Å². The van der Waals surface area contributed by atoms with Crippen molar-refractivity contribution in [1.82, 2.24) is 20.0 Å². The van der Waals surface area contributed by atoms with Gasteiger partial charge in [0, 0.05) is 44.2 Å². The standard InChI is InChI=1S/C16H21ClN4O/c1-12(14-5-3-4-6-15(14)17)21-9-7-20(8-10-21)11-16-19-18-13(2)22-16/h3-6,12H,7-11H2,1-2H3/t12-/m0/s1. The predicted octanol–water partition coefficient (Wildman–Crippen LogP) is 2.91. The van der Waals surface area contributed by atoms with Crippen LogP contribution < -0.4 is 0 Å². The Morgan fingerprint density at radius 3 is 2.55 bits per heavy atom.